The van der Waals surface area contributed by atoms with Gasteiger partial charge >= 0.3 is 6.03 Å². The van der Waals surface area contributed by atoms with E-state index >= 15 is 0 Å². The molecule has 1 atom stereocenters. The molecule has 4 aliphatic rings. The van der Waals surface area contributed by atoms with Crippen molar-refractivity contribution in [2.45, 2.75) is 56.7 Å². The highest BCUT2D eigenvalue weighted by molar-refractivity contribution is 6.07. The molecule has 180 valence electrons. The number of rotatable bonds is 4. The summed E-state index contributed by atoms with van der Waals surface area (Å²) in [4.78, 5) is 32.9. The molecular formula is C29H32N4O2. The number of urea groups is 1. The smallest absolute Gasteiger partial charge is 0.325 e. The maximum atomic E-state index is 13.6. The van der Waals surface area contributed by atoms with Gasteiger partial charge in [-0.25, -0.2) is 4.79 Å². The molecule has 1 N–H and O–H groups in total. The number of benzene rings is 2. The van der Waals surface area contributed by atoms with Crippen LogP contribution in [0.4, 0.5) is 10.5 Å². The van der Waals surface area contributed by atoms with Crippen molar-refractivity contribution in [1.82, 2.24) is 15.1 Å². The van der Waals surface area contributed by atoms with Crippen molar-refractivity contribution < 1.29 is 9.59 Å². The maximum absolute atomic E-state index is 13.6. The zero-order chi connectivity index (χ0) is 24.0. The fraction of sp³-hybridized carbons (Fsp3) is 0.448. The molecule has 0 aromatic heterocycles. The summed E-state index contributed by atoms with van der Waals surface area (Å²) in [5, 5.41) is 3.09. The van der Waals surface area contributed by atoms with E-state index in [-0.39, 0.29) is 18.0 Å². The molecule has 6 rings (SSSR count). The van der Waals surface area contributed by atoms with Gasteiger partial charge in [0.1, 0.15) is 5.54 Å². The fourth-order valence-corrected chi connectivity index (χ4v) is 6.32. The van der Waals surface area contributed by atoms with Crippen LogP contribution in [0, 0.1) is 12.3 Å². The van der Waals surface area contributed by atoms with Crippen LogP contribution in [0.5, 0.6) is 0 Å². The number of carbonyl (C=O) groups is 2. The average Bonchev–Trinajstić information content (AvgIpc) is 3.60. The first-order valence-corrected chi connectivity index (χ1v) is 12.9. The molecule has 1 aliphatic carbocycles. The van der Waals surface area contributed by atoms with Gasteiger partial charge in [0.2, 0.25) is 0 Å². The largest absolute Gasteiger partial charge is 0.372 e. The molecule has 2 aromatic carbocycles. The van der Waals surface area contributed by atoms with Gasteiger partial charge in [-0.15, -0.1) is 6.42 Å². The third-order valence-corrected chi connectivity index (χ3v) is 8.37. The molecule has 1 spiro atoms. The van der Waals surface area contributed by atoms with E-state index in [1.807, 2.05) is 18.2 Å². The lowest BCUT2D eigenvalue weighted by molar-refractivity contribution is -0.134. The van der Waals surface area contributed by atoms with Crippen LogP contribution in [0.1, 0.15) is 47.9 Å². The number of carbonyl (C=O) groups excluding carboxylic acids is 2. The van der Waals surface area contributed by atoms with E-state index in [0.717, 1.165) is 43.9 Å². The summed E-state index contributed by atoms with van der Waals surface area (Å²) in [5.74, 6) is 2.63. The van der Waals surface area contributed by atoms with Gasteiger partial charge in [-0.1, -0.05) is 24.1 Å². The lowest BCUT2D eigenvalue weighted by Crippen LogP contribution is -2.55. The first-order valence-electron chi connectivity index (χ1n) is 12.9. The third kappa shape index (κ3) is 3.98. The van der Waals surface area contributed by atoms with Crippen LogP contribution in [-0.2, 0) is 24.2 Å². The predicted octanol–water partition coefficient (Wildman–Crippen LogP) is 3.32. The lowest BCUT2D eigenvalue weighted by Gasteiger charge is -2.37. The quantitative estimate of drug-likeness (QED) is 0.553. The Kier molecular flexibility index (Phi) is 5.53. The van der Waals surface area contributed by atoms with Gasteiger partial charge in [-0.3, -0.25) is 14.6 Å². The Morgan fingerprint density at radius 3 is 2.37 bits per heavy atom. The van der Waals surface area contributed by atoms with Crippen LogP contribution >= 0.6 is 0 Å². The number of anilines is 1. The summed E-state index contributed by atoms with van der Waals surface area (Å²) >= 11 is 0. The van der Waals surface area contributed by atoms with Gasteiger partial charge in [0.15, 0.2) is 0 Å². The SMILES string of the molecule is C#Cc1ccc2c(c1)CC(N1C(=O)NC3(CCN(Cc4ccc(N5CCCC5)cc4)CC3)C1=O)C2. The topological polar surface area (TPSA) is 55.9 Å². The second kappa shape index (κ2) is 8.73. The molecule has 3 amide bonds. The van der Waals surface area contributed by atoms with Gasteiger partial charge in [0.05, 0.1) is 0 Å². The molecule has 3 saturated heterocycles. The second-order valence-electron chi connectivity index (χ2n) is 10.5. The van der Waals surface area contributed by atoms with E-state index in [9.17, 15) is 9.59 Å². The van der Waals surface area contributed by atoms with E-state index in [2.05, 4.69) is 45.3 Å². The highest BCUT2D eigenvalue weighted by Crippen LogP contribution is 2.35. The van der Waals surface area contributed by atoms with E-state index in [0.29, 0.717) is 25.7 Å². The Balaban J connectivity index is 1.08. The number of amides is 3. The number of hydrogen-bond acceptors (Lipinski definition) is 4. The molecule has 0 saturated carbocycles. The van der Waals surface area contributed by atoms with Crippen molar-refractivity contribution in [2.24, 2.45) is 0 Å². The number of nitrogens with one attached hydrogen (secondary N) is 1. The van der Waals surface area contributed by atoms with E-state index in [1.54, 1.807) is 0 Å². The first-order chi connectivity index (χ1) is 17.0. The molecule has 1 unspecified atom stereocenters. The van der Waals surface area contributed by atoms with Crippen LogP contribution in [0.25, 0.3) is 0 Å². The minimum Gasteiger partial charge on any atom is -0.372 e. The van der Waals surface area contributed by atoms with Gasteiger partial charge in [0.25, 0.3) is 5.91 Å². The Morgan fingerprint density at radius 1 is 0.943 bits per heavy atom. The number of hydrogen-bond donors (Lipinski definition) is 1. The van der Waals surface area contributed by atoms with Crippen molar-refractivity contribution in [3.8, 4) is 12.3 Å². The number of likely N-dealkylation sites (tertiary alicyclic amines) is 1. The Bertz CT molecular complexity index is 1180. The summed E-state index contributed by atoms with van der Waals surface area (Å²) in [5.41, 5.74) is 5.02. The molecule has 3 aliphatic heterocycles. The molecule has 6 heteroatoms. The number of piperidine rings is 1. The molecule has 3 fully saturated rings. The molecule has 35 heavy (non-hydrogen) atoms. The van der Waals surface area contributed by atoms with Crippen molar-refractivity contribution in [3.63, 3.8) is 0 Å². The normalized spacial score (nSPS) is 23.6. The van der Waals surface area contributed by atoms with Crippen molar-refractivity contribution in [2.75, 3.05) is 31.1 Å². The van der Waals surface area contributed by atoms with Crippen LogP contribution in [-0.4, -0.2) is 59.5 Å². The monoisotopic (exact) mass is 468 g/mol. The number of nitrogens with zero attached hydrogens (tertiary/aromatic N) is 3. The Morgan fingerprint density at radius 2 is 1.66 bits per heavy atom. The van der Waals surface area contributed by atoms with Crippen molar-refractivity contribution in [3.05, 3.63) is 64.7 Å². The number of fused-ring (bicyclic) bond motifs is 1. The summed E-state index contributed by atoms with van der Waals surface area (Å²) < 4.78 is 0. The molecule has 3 heterocycles. The number of imide groups is 1. The number of terminal acetylenes is 1. The maximum Gasteiger partial charge on any atom is 0.325 e. The summed E-state index contributed by atoms with van der Waals surface area (Å²) in [6, 6.07) is 14.5. The zero-order valence-corrected chi connectivity index (χ0v) is 20.1. The standard InChI is InChI=1S/C29H32N4O2/c1-2-21-5-8-23-18-26(19-24(23)17-21)33-27(34)29(30-28(33)35)11-15-31(16-12-29)20-22-6-9-25(10-7-22)32-13-3-4-14-32/h1,5-10,17,26H,3-4,11-16,18-20H2,(H,30,35). The average molecular weight is 469 g/mol. The minimum atomic E-state index is -0.758. The van der Waals surface area contributed by atoms with Gasteiger partial charge < -0.3 is 10.2 Å². The third-order valence-electron chi connectivity index (χ3n) is 8.37. The van der Waals surface area contributed by atoms with Gasteiger partial charge in [-0.2, -0.15) is 0 Å². The zero-order valence-electron chi connectivity index (χ0n) is 20.1. The summed E-state index contributed by atoms with van der Waals surface area (Å²) in [6.45, 7) is 4.78. The molecule has 0 bridgehead atoms. The van der Waals surface area contributed by atoms with Crippen molar-refractivity contribution >= 4 is 17.6 Å². The summed E-state index contributed by atoms with van der Waals surface area (Å²) in [7, 11) is 0. The van der Waals surface area contributed by atoms with Crippen molar-refractivity contribution in [1.29, 1.82) is 0 Å². The predicted molar refractivity (Wildman–Crippen MR) is 136 cm³/mol. The Labute approximate surface area is 207 Å². The van der Waals surface area contributed by atoms with Crippen LogP contribution in [0.15, 0.2) is 42.5 Å². The second-order valence-corrected chi connectivity index (χ2v) is 10.5. The Hall–Kier alpha value is -3.30. The summed E-state index contributed by atoms with van der Waals surface area (Å²) in [6.07, 6.45) is 10.8. The van der Waals surface area contributed by atoms with Gasteiger partial charge in [-0.05, 0) is 79.5 Å². The lowest BCUT2D eigenvalue weighted by atomic mass is 9.87. The molecule has 6 nitrogen and oxygen atoms in total. The van der Waals surface area contributed by atoms with Gasteiger partial charge in [0, 0.05) is 50.0 Å². The molecular weight excluding hydrogens is 436 g/mol. The molecule has 2 aromatic rings. The van der Waals surface area contributed by atoms with E-state index in [4.69, 9.17) is 6.42 Å². The van der Waals surface area contributed by atoms with E-state index < -0.39 is 5.54 Å². The van der Waals surface area contributed by atoms with Crippen LogP contribution in [0.3, 0.4) is 0 Å². The highest BCUT2D eigenvalue weighted by Gasteiger charge is 2.54. The minimum absolute atomic E-state index is 0.0490. The van der Waals surface area contributed by atoms with Crippen LogP contribution < -0.4 is 10.2 Å². The van der Waals surface area contributed by atoms with E-state index in [1.165, 1.54) is 34.6 Å². The van der Waals surface area contributed by atoms with Crippen LogP contribution in [0.2, 0.25) is 0 Å². The molecule has 0 radical (unpaired) electrons. The highest BCUT2D eigenvalue weighted by atomic mass is 16.2. The fourth-order valence-electron chi connectivity index (χ4n) is 6.32. The first kappa shape index (κ1) is 22.2.